The highest BCUT2D eigenvalue weighted by Crippen LogP contribution is 2.37. The van der Waals surface area contributed by atoms with Gasteiger partial charge in [-0.05, 0) is 62.4 Å². The molecule has 0 unspecified atom stereocenters. The molecule has 0 bridgehead atoms. The third kappa shape index (κ3) is 5.67. The molecule has 10 nitrogen and oxygen atoms in total. The average molecular weight is 589 g/mol. The summed E-state index contributed by atoms with van der Waals surface area (Å²) in [6.45, 7) is 3.41. The first-order valence-corrected chi connectivity index (χ1v) is 13.0. The standard InChI is InChI=1S/C31H26F2N4O6/c1-17(2)36-16-22(30(39)37(31(36)40)20-8-5-18(32)6-9-20)29(38)35-19-7-10-26(23(33)13-19)43-25-11-12-34-24-15-28(42-4)27(41-3)14-21(24)25/h5-17H,1-4H3,(H,35,38). The molecule has 0 aliphatic rings. The zero-order valence-corrected chi connectivity index (χ0v) is 23.6. The molecule has 0 fully saturated rings. The Morgan fingerprint density at radius 2 is 1.58 bits per heavy atom. The minimum Gasteiger partial charge on any atom is -0.493 e. The molecule has 2 heterocycles. The van der Waals surface area contributed by atoms with E-state index in [0.717, 1.165) is 29.0 Å². The minimum atomic E-state index is -0.914. The number of amides is 1. The van der Waals surface area contributed by atoms with E-state index in [-0.39, 0.29) is 22.7 Å². The van der Waals surface area contributed by atoms with E-state index < -0.39 is 34.8 Å². The van der Waals surface area contributed by atoms with Crippen LogP contribution in [0.4, 0.5) is 14.5 Å². The van der Waals surface area contributed by atoms with Gasteiger partial charge in [-0.25, -0.2) is 18.1 Å². The van der Waals surface area contributed by atoms with Gasteiger partial charge in [-0.3, -0.25) is 19.1 Å². The van der Waals surface area contributed by atoms with Gasteiger partial charge in [0.25, 0.3) is 11.5 Å². The summed E-state index contributed by atoms with van der Waals surface area (Å²) in [5.41, 5.74) is -1.32. The molecule has 3 aromatic carbocycles. The van der Waals surface area contributed by atoms with E-state index in [0.29, 0.717) is 28.2 Å². The lowest BCUT2D eigenvalue weighted by Gasteiger charge is -2.16. The van der Waals surface area contributed by atoms with Crippen LogP contribution in [0.2, 0.25) is 0 Å². The van der Waals surface area contributed by atoms with Gasteiger partial charge in [-0.2, -0.15) is 0 Å². The summed E-state index contributed by atoms with van der Waals surface area (Å²) < 4.78 is 47.2. The van der Waals surface area contributed by atoms with Crippen LogP contribution in [0.3, 0.4) is 0 Å². The van der Waals surface area contributed by atoms with Gasteiger partial charge in [0.1, 0.15) is 17.1 Å². The Morgan fingerprint density at radius 3 is 2.23 bits per heavy atom. The largest absolute Gasteiger partial charge is 0.493 e. The zero-order chi connectivity index (χ0) is 30.8. The summed E-state index contributed by atoms with van der Waals surface area (Å²) in [5, 5.41) is 3.05. The van der Waals surface area contributed by atoms with E-state index in [4.69, 9.17) is 14.2 Å². The number of carbonyl (C=O) groups is 1. The average Bonchev–Trinajstić information content (AvgIpc) is 2.98. The number of nitrogens with zero attached hydrogens (tertiary/aromatic N) is 3. The third-order valence-corrected chi connectivity index (χ3v) is 6.62. The lowest BCUT2D eigenvalue weighted by atomic mass is 10.1. The van der Waals surface area contributed by atoms with Crippen LogP contribution >= 0.6 is 0 Å². The first kappa shape index (κ1) is 29.0. The Hall–Kier alpha value is -5.52. The second-order valence-corrected chi connectivity index (χ2v) is 9.68. The lowest BCUT2D eigenvalue weighted by Crippen LogP contribution is -2.42. The predicted molar refractivity (Wildman–Crippen MR) is 156 cm³/mol. The summed E-state index contributed by atoms with van der Waals surface area (Å²) in [7, 11) is 2.99. The molecule has 2 aromatic heterocycles. The molecule has 0 saturated heterocycles. The molecule has 12 heteroatoms. The number of rotatable bonds is 8. The summed E-state index contributed by atoms with van der Waals surface area (Å²) in [4.78, 5) is 43.9. The maximum atomic E-state index is 15.2. The normalized spacial score (nSPS) is 11.0. The van der Waals surface area contributed by atoms with E-state index >= 15 is 4.39 Å². The van der Waals surface area contributed by atoms with Crippen LogP contribution in [0.15, 0.2) is 82.6 Å². The second kappa shape index (κ2) is 11.8. The fourth-order valence-corrected chi connectivity index (χ4v) is 4.43. The molecule has 1 amide bonds. The summed E-state index contributed by atoms with van der Waals surface area (Å²) in [5.74, 6) is -1.14. The lowest BCUT2D eigenvalue weighted by molar-refractivity contribution is 0.102. The van der Waals surface area contributed by atoms with Crippen LogP contribution in [-0.2, 0) is 0 Å². The fourth-order valence-electron chi connectivity index (χ4n) is 4.43. The fraction of sp³-hybridized carbons (Fsp3) is 0.161. The van der Waals surface area contributed by atoms with Crippen LogP contribution in [-0.4, -0.2) is 34.2 Å². The highest BCUT2D eigenvalue weighted by atomic mass is 19.1. The van der Waals surface area contributed by atoms with Crippen molar-refractivity contribution in [3.63, 3.8) is 0 Å². The van der Waals surface area contributed by atoms with Gasteiger partial charge in [0.15, 0.2) is 23.1 Å². The van der Waals surface area contributed by atoms with Crippen molar-refractivity contribution in [1.29, 1.82) is 0 Å². The topological polar surface area (TPSA) is 114 Å². The van der Waals surface area contributed by atoms with Gasteiger partial charge in [0.05, 0.1) is 25.4 Å². The number of halogens is 2. The number of aromatic nitrogens is 3. The highest BCUT2D eigenvalue weighted by molar-refractivity contribution is 6.04. The Balaban J connectivity index is 1.45. The first-order chi connectivity index (χ1) is 20.6. The van der Waals surface area contributed by atoms with Gasteiger partial charge in [-0.15, -0.1) is 0 Å². The summed E-state index contributed by atoms with van der Waals surface area (Å²) in [6, 6.07) is 13.0. The smallest absolute Gasteiger partial charge is 0.335 e. The Kier molecular flexibility index (Phi) is 7.93. The molecule has 5 aromatic rings. The monoisotopic (exact) mass is 588 g/mol. The molecular weight excluding hydrogens is 562 g/mol. The Labute approximate surface area is 243 Å². The molecule has 220 valence electrons. The number of benzene rings is 3. The van der Waals surface area contributed by atoms with E-state index in [2.05, 4.69) is 10.3 Å². The van der Waals surface area contributed by atoms with Crippen molar-refractivity contribution in [2.24, 2.45) is 0 Å². The molecule has 1 N–H and O–H groups in total. The van der Waals surface area contributed by atoms with Crippen LogP contribution in [0, 0.1) is 11.6 Å². The number of ether oxygens (including phenoxy) is 3. The number of nitrogens with one attached hydrogen (secondary N) is 1. The van der Waals surface area contributed by atoms with Crippen molar-refractivity contribution in [3.8, 4) is 28.7 Å². The van der Waals surface area contributed by atoms with Gasteiger partial charge in [-0.1, -0.05) is 0 Å². The van der Waals surface area contributed by atoms with Gasteiger partial charge in [0.2, 0.25) is 0 Å². The van der Waals surface area contributed by atoms with Crippen molar-refractivity contribution >= 4 is 22.5 Å². The van der Waals surface area contributed by atoms with Crippen LogP contribution in [0.25, 0.3) is 16.6 Å². The van der Waals surface area contributed by atoms with Crippen molar-refractivity contribution < 1.29 is 27.8 Å². The molecule has 0 saturated carbocycles. The first-order valence-electron chi connectivity index (χ1n) is 13.0. The van der Waals surface area contributed by atoms with Gasteiger partial charge < -0.3 is 19.5 Å². The molecule has 0 aliphatic carbocycles. The Bertz CT molecular complexity index is 1970. The maximum Gasteiger partial charge on any atom is 0.335 e. The number of hydrogen-bond donors (Lipinski definition) is 1. The number of anilines is 1. The zero-order valence-electron chi connectivity index (χ0n) is 23.6. The number of carbonyl (C=O) groups excluding carboxylic acids is 1. The van der Waals surface area contributed by atoms with Crippen molar-refractivity contribution in [2.75, 3.05) is 19.5 Å². The Morgan fingerprint density at radius 1 is 0.884 bits per heavy atom. The van der Waals surface area contributed by atoms with Gasteiger partial charge in [0, 0.05) is 41.6 Å². The molecule has 0 radical (unpaired) electrons. The van der Waals surface area contributed by atoms with Crippen LogP contribution < -0.4 is 30.8 Å². The molecule has 0 aliphatic heterocycles. The van der Waals surface area contributed by atoms with Crippen molar-refractivity contribution in [2.45, 2.75) is 19.9 Å². The molecule has 0 atom stereocenters. The number of methoxy groups -OCH3 is 2. The van der Waals surface area contributed by atoms with E-state index in [1.807, 2.05) is 0 Å². The number of hydrogen-bond acceptors (Lipinski definition) is 7. The SMILES string of the molecule is COc1cc2nccc(Oc3ccc(NC(=O)c4cn(C(C)C)c(=O)n(-c5ccc(F)cc5)c4=O)cc3F)c2cc1OC. The maximum absolute atomic E-state index is 15.2. The summed E-state index contributed by atoms with van der Waals surface area (Å²) >= 11 is 0. The summed E-state index contributed by atoms with van der Waals surface area (Å²) in [6.07, 6.45) is 2.65. The van der Waals surface area contributed by atoms with Crippen LogP contribution in [0.5, 0.6) is 23.0 Å². The van der Waals surface area contributed by atoms with E-state index in [1.54, 1.807) is 32.0 Å². The van der Waals surface area contributed by atoms with Crippen molar-refractivity contribution in [1.82, 2.24) is 14.1 Å². The predicted octanol–water partition coefficient (Wildman–Crippen LogP) is 5.47. The highest BCUT2D eigenvalue weighted by Gasteiger charge is 2.21. The molecule has 5 rings (SSSR count). The van der Waals surface area contributed by atoms with E-state index in [1.165, 1.54) is 49.2 Å². The van der Waals surface area contributed by atoms with E-state index in [9.17, 15) is 18.8 Å². The number of pyridine rings is 1. The van der Waals surface area contributed by atoms with Gasteiger partial charge >= 0.3 is 5.69 Å². The second-order valence-electron chi connectivity index (χ2n) is 9.68. The molecule has 0 spiro atoms. The quantitative estimate of drug-likeness (QED) is 0.256. The molecule has 43 heavy (non-hydrogen) atoms. The van der Waals surface area contributed by atoms with Crippen molar-refractivity contribution in [3.05, 3.63) is 111 Å². The minimum absolute atomic E-state index is 0.0378. The number of fused-ring (bicyclic) bond motifs is 1. The molecular formula is C31H26F2N4O6. The third-order valence-electron chi connectivity index (χ3n) is 6.62. The van der Waals surface area contributed by atoms with Crippen LogP contribution in [0.1, 0.15) is 30.2 Å².